The summed E-state index contributed by atoms with van der Waals surface area (Å²) in [6, 6.07) is 6.68. The van der Waals surface area contributed by atoms with Crippen LogP contribution in [0.4, 0.5) is 0 Å². The number of H-pyrrole nitrogens is 1. The maximum atomic E-state index is 12.4. The van der Waals surface area contributed by atoms with E-state index >= 15 is 0 Å². The molecule has 0 bridgehead atoms. The molecule has 0 spiro atoms. The number of rotatable bonds is 4. The molecule has 134 valence electrons. The van der Waals surface area contributed by atoms with Crippen molar-refractivity contribution < 1.29 is 17.9 Å². The van der Waals surface area contributed by atoms with E-state index in [2.05, 4.69) is 15.5 Å². The van der Waals surface area contributed by atoms with Crippen LogP contribution in [0, 0.1) is 0 Å². The molecular weight excluding hydrogens is 348 g/mol. The van der Waals surface area contributed by atoms with Crippen molar-refractivity contribution in [3.63, 3.8) is 0 Å². The molecule has 0 saturated carbocycles. The summed E-state index contributed by atoms with van der Waals surface area (Å²) >= 11 is 0. The van der Waals surface area contributed by atoms with Gasteiger partial charge in [-0.2, -0.15) is 9.40 Å². The Morgan fingerprint density at radius 1 is 1.40 bits per heavy atom. The lowest BCUT2D eigenvalue weighted by molar-refractivity contribution is 0.000417. The minimum Gasteiger partial charge on any atom is -0.374 e. The van der Waals surface area contributed by atoms with Gasteiger partial charge in [0, 0.05) is 25.0 Å². The first-order chi connectivity index (χ1) is 11.9. The summed E-state index contributed by atoms with van der Waals surface area (Å²) in [5.74, 6) is -0.465. The number of amides is 1. The number of nitrogens with zero attached hydrogens (tertiary/aromatic N) is 2. The van der Waals surface area contributed by atoms with Crippen LogP contribution in [0.25, 0.3) is 10.8 Å². The van der Waals surface area contributed by atoms with Crippen molar-refractivity contribution >= 4 is 26.7 Å². The van der Waals surface area contributed by atoms with Crippen LogP contribution in [-0.2, 0) is 14.8 Å². The van der Waals surface area contributed by atoms with E-state index in [4.69, 9.17) is 4.74 Å². The summed E-state index contributed by atoms with van der Waals surface area (Å²) in [5, 5.41) is 9.64. The normalized spacial score (nSPS) is 19.0. The summed E-state index contributed by atoms with van der Waals surface area (Å²) in [6.07, 6.45) is 0.700. The first-order valence-corrected chi connectivity index (χ1v) is 9.53. The SMILES string of the molecule is CS(=O)(=O)N1CCOC(CNC(=O)c2n[nH]c(=O)c3ccccc23)C1. The molecule has 1 amide bonds. The number of nitrogens with one attached hydrogen (secondary N) is 2. The molecular formula is C15H18N4O5S. The lowest BCUT2D eigenvalue weighted by Gasteiger charge is -2.31. The third kappa shape index (κ3) is 3.86. The zero-order valence-electron chi connectivity index (χ0n) is 13.6. The number of morpholine rings is 1. The smallest absolute Gasteiger partial charge is 0.272 e. The molecule has 1 unspecified atom stereocenters. The summed E-state index contributed by atoms with van der Waals surface area (Å²) in [6.45, 7) is 0.891. The number of sulfonamides is 1. The van der Waals surface area contributed by atoms with Crippen LogP contribution < -0.4 is 10.9 Å². The first kappa shape index (κ1) is 17.5. The molecule has 1 fully saturated rings. The molecule has 1 aliphatic rings. The highest BCUT2D eigenvalue weighted by Gasteiger charge is 2.27. The van der Waals surface area contributed by atoms with Gasteiger partial charge >= 0.3 is 0 Å². The van der Waals surface area contributed by atoms with Crippen molar-refractivity contribution in [2.45, 2.75) is 6.10 Å². The van der Waals surface area contributed by atoms with Crippen LogP contribution in [-0.4, -0.2) is 67.4 Å². The zero-order valence-corrected chi connectivity index (χ0v) is 14.4. The highest BCUT2D eigenvalue weighted by Crippen LogP contribution is 2.13. The Hall–Kier alpha value is -2.30. The average Bonchev–Trinajstić information content (AvgIpc) is 2.60. The van der Waals surface area contributed by atoms with Crippen molar-refractivity contribution in [3.8, 4) is 0 Å². The highest BCUT2D eigenvalue weighted by atomic mass is 32.2. The second kappa shape index (κ2) is 6.90. The van der Waals surface area contributed by atoms with Gasteiger partial charge in [0.25, 0.3) is 11.5 Å². The molecule has 2 N–H and O–H groups in total. The van der Waals surface area contributed by atoms with E-state index in [0.717, 1.165) is 6.26 Å². The number of aromatic nitrogens is 2. The van der Waals surface area contributed by atoms with Crippen LogP contribution in [0.1, 0.15) is 10.5 Å². The molecule has 1 aliphatic heterocycles. The van der Waals surface area contributed by atoms with E-state index < -0.39 is 22.0 Å². The lowest BCUT2D eigenvalue weighted by atomic mass is 10.1. The minimum atomic E-state index is -3.29. The molecule has 0 radical (unpaired) electrons. The van der Waals surface area contributed by atoms with Crippen LogP contribution >= 0.6 is 0 Å². The second-order valence-electron chi connectivity index (χ2n) is 5.77. The third-order valence-corrected chi connectivity index (χ3v) is 5.24. The fourth-order valence-corrected chi connectivity index (χ4v) is 3.54. The maximum Gasteiger partial charge on any atom is 0.272 e. The summed E-state index contributed by atoms with van der Waals surface area (Å²) in [4.78, 5) is 24.2. The van der Waals surface area contributed by atoms with E-state index in [-0.39, 0.29) is 30.9 Å². The Morgan fingerprint density at radius 3 is 2.84 bits per heavy atom. The van der Waals surface area contributed by atoms with Gasteiger partial charge in [-0.05, 0) is 6.07 Å². The number of hydrogen-bond donors (Lipinski definition) is 2. The molecule has 1 atom stereocenters. The van der Waals surface area contributed by atoms with Gasteiger partial charge in [-0.15, -0.1) is 0 Å². The van der Waals surface area contributed by atoms with E-state index in [0.29, 0.717) is 17.3 Å². The van der Waals surface area contributed by atoms with Gasteiger partial charge in [0.05, 0.1) is 24.4 Å². The largest absolute Gasteiger partial charge is 0.374 e. The number of benzene rings is 1. The van der Waals surface area contributed by atoms with Crippen LogP contribution in [0.15, 0.2) is 29.1 Å². The molecule has 1 aromatic carbocycles. The van der Waals surface area contributed by atoms with Crippen molar-refractivity contribution in [1.29, 1.82) is 0 Å². The van der Waals surface area contributed by atoms with E-state index in [1.165, 1.54) is 4.31 Å². The number of hydrogen-bond acceptors (Lipinski definition) is 6. The molecule has 3 rings (SSSR count). The van der Waals surface area contributed by atoms with Gasteiger partial charge in [-0.1, -0.05) is 18.2 Å². The Bertz CT molecular complexity index is 956. The number of carbonyl (C=O) groups excluding carboxylic acids is 1. The fourth-order valence-electron chi connectivity index (χ4n) is 2.70. The Morgan fingerprint density at radius 2 is 2.12 bits per heavy atom. The monoisotopic (exact) mass is 366 g/mol. The van der Waals surface area contributed by atoms with E-state index in [1.807, 2.05) is 0 Å². The second-order valence-corrected chi connectivity index (χ2v) is 7.75. The zero-order chi connectivity index (χ0) is 18.0. The molecule has 10 heteroatoms. The number of fused-ring (bicyclic) bond motifs is 1. The van der Waals surface area contributed by atoms with E-state index in [1.54, 1.807) is 24.3 Å². The number of ether oxygens (including phenoxy) is 1. The van der Waals surface area contributed by atoms with Crippen LogP contribution in [0.5, 0.6) is 0 Å². The minimum absolute atomic E-state index is 0.103. The van der Waals surface area contributed by atoms with Crippen LogP contribution in [0.2, 0.25) is 0 Å². The molecule has 2 heterocycles. The lowest BCUT2D eigenvalue weighted by Crippen LogP contribution is -2.49. The molecule has 1 aromatic heterocycles. The number of carbonyl (C=O) groups is 1. The molecule has 2 aromatic rings. The quantitative estimate of drug-likeness (QED) is 0.739. The predicted molar refractivity (Wildman–Crippen MR) is 90.9 cm³/mol. The van der Waals surface area contributed by atoms with Crippen molar-refractivity contribution in [2.75, 3.05) is 32.5 Å². The first-order valence-electron chi connectivity index (χ1n) is 7.68. The van der Waals surface area contributed by atoms with Gasteiger partial charge in [-0.25, -0.2) is 13.5 Å². The molecule has 9 nitrogen and oxygen atoms in total. The van der Waals surface area contributed by atoms with Crippen molar-refractivity contribution in [3.05, 3.63) is 40.3 Å². The summed E-state index contributed by atoms with van der Waals surface area (Å²) in [5.41, 5.74) is -0.266. The van der Waals surface area contributed by atoms with Gasteiger partial charge in [0.2, 0.25) is 10.0 Å². The fraction of sp³-hybridized carbons (Fsp3) is 0.400. The molecule has 25 heavy (non-hydrogen) atoms. The predicted octanol–water partition coefficient (Wildman–Crippen LogP) is -0.687. The van der Waals surface area contributed by atoms with Crippen LogP contribution in [0.3, 0.4) is 0 Å². The highest BCUT2D eigenvalue weighted by molar-refractivity contribution is 7.88. The molecule has 0 aliphatic carbocycles. The van der Waals surface area contributed by atoms with Gasteiger partial charge in [0.15, 0.2) is 5.69 Å². The van der Waals surface area contributed by atoms with E-state index in [9.17, 15) is 18.0 Å². The Balaban J connectivity index is 1.71. The Labute approximate surface area is 144 Å². The van der Waals surface area contributed by atoms with Gasteiger partial charge in [-0.3, -0.25) is 9.59 Å². The van der Waals surface area contributed by atoms with Gasteiger partial charge in [0.1, 0.15) is 0 Å². The van der Waals surface area contributed by atoms with Gasteiger partial charge < -0.3 is 10.1 Å². The summed E-state index contributed by atoms with van der Waals surface area (Å²) in [7, 11) is -3.29. The van der Waals surface area contributed by atoms with Crippen molar-refractivity contribution in [2.24, 2.45) is 0 Å². The third-order valence-electron chi connectivity index (χ3n) is 3.97. The maximum absolute atomic E-state index is 12.4. The topological polar surface area (TPSA) is 121 Å². The Kier molecular flexibility index (Phi) is 4.84. The summed E-state index contributed by atoms with van der Waals surface area (Å²) < 4.78 is 30.0. The molecule has 1 saturated heterocycles. The van der Waals surface area contributed by atoms with Crippen molar-refractivity contribution in [1.82, 2.24) is 19.8 Å². The number of aromatic amines is 1. The average molecular weight is 366 g/mol. The standard InChI is InChI=1S/C15H18N4O5S/c1-25(22,23)19-6-7-24-10(9-19)8-16-15(21)13-11-4-2-3-5-12(11)14(20)18-17-13/h2-5,10H,6-9H2,1H3,(H,16,21)(H,18,20).